The Balaban J connectivity index is -0.000000569. The molecule has 6 nitrogen and oxygen atoms in total. The summed E-state index contributed by atoms with van der Waals surface area (Å²) in [7, 11) is -13.3. The van der Waals surface area contributed by atoms with Gasteiger partial charge >= 0.3 is 65.4 Å². The average Bonchev–Trinajstić information content (AvgIpc) is 2.50. The van der Waals surface area contributed by atoms with E-state index in [1.54, 1.807) is 0 Å². The normalized spacial score (nSPS) is 15.7. The maximum absolute atomic E-state index is 12.3. The van der Waals surface area contributed by atoms with Gasteiger partial charge in [-0.25, -0.2) is 27.1 Å². The molecule has 35 heavy (non-hydrogen) atoms. The van der Waals surface area contributed by atoms with Gasteiger partial charge in [0.05, 0.1) is 0 Å². The first-order chi connectivity index (χ1) is 14.0. The molecular weight excluding hydrogens is 601 g/mol. The summed E-state index contributed by atoms with van der Waals surface area (Å²) in [5.41, 5.74) is 0. The van der Waals surface area contributed by atoms with Crippen molar-refractivity contribution >= 4 is 38.9 Å². The minimum atomic E-state index is -7.27. The molecule has 4 N–H and O–H groups in total. The van der Waals surface area contributed by atoms with Crippen LogP contribution in [0, 0.1) is 0 Å². The van der Waals surface area contributed by atoms with E-state index in [-0.39, 0.29) is 18.9 Å². The first-order valence-corrected chi connectivity index (χ1v) is 9.54. The fraction of sp³-hybridized carbons (Fsp3) is 1.00. The van der Waals surface area contributed by atoms with Crippen LogP contribution in [0.15, 0.2) is 0 Å². The van der Waals surface area contributed by atoms with Gasteiger partial charge < -0.3 is 0 Å². The number of hydrogen-bond donors (Lipinski definition) is 2. The summed E-state index contributed by atoms with van der Waals surface area (Å²) in [4.78, 5) is 0. The molecule has 0 saturated carbocycles. The number of rotatable bonds is 6. The third kappa shape index (κ3) is 6.36. The quantitative estimate of drug-likeness (QED) is 0.357. The molecule has 0 radical (unpaired) electrons. The van der Waals surface area contributed by atoms with Crippen LogP contribution in [-0.2, 0) is 20.0 Å². The van der Waals surface area contributed by atoms with Gasteiger partial charge in [-0.1, -0.05) is 0 Å². The Morgan fingerprint density at radius 3 is 0.600 bits per heavy atom. The van der Waals surface area contributed by atoms with E-state index in [9.17, 15) is 95.9 Å². The Labute approximate surface area is 192 Å². The van der Waals surface area contributed by atoms with Crippen LogP contribution in [-0.4, -0.2) is 82.2 Å². The summed E-state index contributed by atoms with van der Waals surface area (Å²) in [5.74, 6) is -29.0. The van der Waals surface area contributed by atoms with Gasteiger partial charge in [0.15, 0.2) is 0 Å². The fourth-order valence-electron chi connectivity index (χ4n) is 1.08. The molecule has 210 valence electrons. The number of sulfonamides is 2. The number of primary sulfonamides is 2. The van der Waals surface area contributed by atoms with Crippen LogP contribution in [0.2, 0.25) is 0 Å². The van der Waals surface area contributed by atoms with Crippen molar-refractivity contribution in [3.63, 3.8) is 0 Å². The van der Waals surface area contributed by atoms with Crippen LogP contribution in [0.1, 0.15) is 0 Å². The van der Waals surface area contributed by atoms with E-state index in [1.165, 1.54) is 0 Å². The van der Waals surface area contributed by atoms with Gasteiger partial charge in [0.1, 0.15) is 0 Å². The second-order valence-corrected chi connectivity index (χ2v) is 8.62. The average molecular weight is 606 g/mol. The molecule has 0 spiro atoms. The predicted molar refractivity (Wildman–Crippen MR) is 75.2 cm³/mol. The number of halogens is 18. The Bertz CT molecular complexity index is 876. The Morgan fingerprint density at radius 2 is 0.514 bits per heavy atom. The summed E-state index contributed by atoms with van der Waals surface area (Å²) in [6, 6.07) is 0. The molecule has 0 aliphatic carbocycles. The maximum atomic E-state index is 12.3. The van der Waals surface area contributed by atoms with Crippen LogP contribution >= 0.6 is 0 Å². The van der Waals surface area contributed by atoms with Gasteiger partial charge in [-0.3, -0.25) is 0 Å². The second kappa shape index (κ2) is 9.80. The predicted octanol–water partition coefficient (Wildman–Crippen LogP) is 2.75. The van der Waals surface area contributed by atoms with Crippen molar-refractivity contribution in [1.29, 1.82) is 0 Å². The van der Waals surface area contributed by atoms with Crippen molar-refractivity contribution in [2.45, 2.75) is 46.6 Å². The topological polar surface area (TPSA) is 120 Å². The van der Waals surface area contributed by atoms with Gasteiger partial charge in [-0.2, -0.15) is 79.0 Å². The first-order valence-electron chi connectivity index (χ1n) is 6.45. The summed E-state index contributed by atoms with van der Waals surface area (Å²) in [6.07, 6.45) is -14.2. The molecule has 0 atom stereocenters. The van der Waals surface area contributed by atoms with Crippen LogP contribution in [0.3, 0.4) is 0 Å². The number of hydrogen-bond acceptors (Lipinski definition) is 4. The Morgan fingerprint density at radius 1 is 0.371 bits per heavy atom. The molecule has 0 aromatic rings. The van der Waals surface area contributed by atoms with E-state index < -0.39 is 66.6 Å². The van der Waals surface area contributed by atoms with E-state index in [1.807, 2.05) is 0 Å². The van der Waals surface area contributed by atoms with Crippen molar-refractivity contribution in [1.82, 2.24) is 0 Å². The summed E-state index contributed by atoms with van der Waals surface area (Å²) >= 11 is 0. The molecule has 0 saturated heterocycles. The van der Waals surface area contributed by atoms with E-state index in [0.29, 0.717) is 0 Å². The third-order valence-electron chi connectivity index (χ3n) is 2.95. The van der Waals surface area contributed by atoms with Crippen molar-refractivity contribution in [2.24, 2.45) is 10.3 Å². The molecule has 0 bridgehead atoms. The molecule has 0 aliphatic heterocycles. The molecule has 0 aromatic carbocycles. The SMILES string of the molecule is NS(=O)(=O)C(F)(F)C(F)(F)C(F)(F)C(F)(F)F.NS(=O)(=O)C(F)(F)C(F)(F)C(F)(F)C(F)(F)F.[LiH]. The summed E-state index contributed by atoms with van der Waals surface area (Å²) in [6.45, 7) is 0. The van der Waals surface area contributed by atoms with Gasteiger partial charge in [-0.05, 0) is 0 Å². The molecule has 0 unspecified atom stereocenters. The van der Waals surface area contributed by atoms with Crippen LogP contribution in [0.4, 0.5) is 79.0 Å². The van der Waals surface area contributed by atoms with Crippen molar-refractivity contribution in [2.75, 3.05) is 0 Å². The van der Waals surface area contributed by atoms with Gasteiger partial charge in [0.25, 0.3) is 20.0 Å². The van der Waals surface area contributed by atoms with E-state index in [2.05, 4.69) is 10.3 Å². The standard InChI is InChI=1S/2C4H2F9NO2S.Li.H/c2*5-1(6,3(9,10)11)2(7,8)4(12,13)17(14,15)16;;/h2*(H2,14,15,16);;. The molecule has 0 aromatic heterocycles. The van der Waals surface area contributed by atoms with Crippen molar-refractivity contribution < 1.29 is 95.9 Å². The first kappa shape index (κ1) is 38.7. The molecule has 0 heterocycles. The zero-order valence-electron chi connectivity index (χ0n) is 14.4. The van der Waals surface area contributed by atoms with Crippen LogP contribution < -0.4 is 10.3 Å². The number of nitrogens with two attached hydrogens (primary N) is 2. The number of alkyl halides is 18. The monoisotopic (exact) mass is 606 g/mol. The van der Waals surface area contributed by atoms with Crippen molar-refractivity contribution in [3.05, 3.63) is 0 Å². The summed E-state index contributed by atoms with van der Waals surface area (Å²) < 4.78 is 255. The van der Waals surface area contributed by atoms with E-state index in [4.69, 9.17) is 0 Å². The van der Waals surface area contributed by atoms with Crippen molar-refractivity contribution in [3.8, 4) is 0 Å². The molecule has 0 amide bonds. The van der Waals surface area contributed by atoms with Gasteiger partial charge in [-0.15, -0.1) is 0 Å². The molecule has 0 aliphatic rings. The second-order valence-electron chi connectivity index (χ2n) is 5.42. The Kier molecular flexibility index (Phi) is 10.8. The van der Waals surface area contributed by atoms with Crippen LogP contribution in [0.25, 0.3) is 0 Å². The van der Waals surface area contributed by atoms with Crippen LogP contribution in [0.5, 0.6) is 0 Å². The zero-order chi connectivity index (χ0) is 29.0. The molecule has 0 fully saturated rings. The van der Waals surface area contributed by atoms with E-state index >= 15 is 0 Å². The molecule has 27 heteroatoms. The van der Waals surface area contributed by atoms with Gasteiger partial charge in [0.2, 0.25) is 0 Å². The van der Waals surface area contributed by atoms with E-state index in [0.717, 1.165) is 0 Å². The summed E-state index contributed by atoms with van der Waals surface area (Å²) in [5, 5.41) is -6.60. The molecular formula is C8H5F18LiN2O4S2. The third-order valence-corrected chi connectivity index (χ3v) is 4.89. The minimum absolute atomic E-state index is 0. The molecule has 0 rings (SSSR count). The zero-order valence-corrected chi connectivity index (χ0v) is 16.0. The fourth-order valence-corrected chi connectivity index (χ4v) is 2.05. The van der Waals surface area contributed by atoms with Gasteiger partial charge in [0, 0.05) is 0 Å². The Hall–Kier alpha value is -0.843.